The van der Waals surface area contributed by atoms with Crippen LogP contribution in [0.3, 0.4) is 0 Å². The number of nitrogens with zero attached hydrogens (tertiary/aromatic N) is 2. The van der Waals surface area contributed by atoms with Crippen molar-refractivity contribution in [3.63, 3.8) is 0 Å². The number of rotatable bonds is 7. The highest BCUT2D eigenvalue weighted by Gasteiger charge is 2.46. The molecule has 1 N–H and O–H groups in total. The lowest BCUT2D eigenvalue weighted by molar-refractivity contribution is -0.139. The number of unbranched alkanes of at least 4 members (excludes halogenated alkanes) is 1. The van der Waals surface area contributed by atoms with Gasteiger partial charge in [0.1, 0.15) is 17.3 Å². The van der Waals surface area contributed by atoms with E-state index in [9.17, 15) is 14.7 Å². The maximum Gasteiger partial charge on any atom is 0.295 e. The van der Waals surface area contributed by atoms with Crippen LogP contribution >= 0.6 is 11.6 Å². The number of likely N-dealkylation sites (tertiary alicyclic amines) is 1. The topological polar surface area (TPSA) is 89.0 Å². The van der Waals surface area contributed by atoms with Gasteiger partial charge in [0, 0.05) is 25.0 Å². The van der Waals surface area contributed by atoms with Crippen LogP contribution in [0.2, 0.25) is 5.02 Å². The lowest BCUT2D eigenvalue weighted by Gasteiger charge is -2.25. The van der Waals surface area contributed by atoms with Crippen molar-refractivity contribution in [3.8, 4) is 11.5 Å². The molecule has 0 saturated carbocycles. The van der Waals surface area contributed by atoms with Crippen molar-refractivity contribution >= 4 is 29.1 Å². The van der Waals surface area contributed by atoms with Gasteiger partial charge in [-0.3, -0.25) is 14.6 Å². The molecular weight excluding hydrogens is 408 g/mol. The van der Waals surface area contributed by atoms with Gasteiger partial charge in [-0.25, -0.2) is 0 Å². The summed E-state index contributed by atoms with van der Waals surface area (Å²) in [6, 6.07) is 5.71. The summed E-state index contributed by atoms with van der Waals surface area (Å²) in [4.78, 5) is 31.4. The number of hydrogen-bond acceptors (Lipinski definition) is 6. The third kappa shape index (κ3) is 3.85. The van der Waals surface area contributed by atoms with Crippen molar-refractivity contribution in [2.24, 2.45) is 0 Å². The van der Waals surface area contributed by atoms with Crippen LogP contribution in [0, 0.1) is 0 Å². The Labute approximate surface area is 179 Å². The Morgan fingerprint density at radius 3 is 2.57 bits per heavy atom. The molecule has 1 unspecified atom stereocenters. The van der Waals surface area contributed by atoms with Crippen molar-refractivity contribution in [1.29, 1.82) is 0 Å². The molecule has 0 spiro atoms. The predicted octanol–water partition coefficient (Wildman–Crippen LogP) is 3.97. The number of ketones is 1. The van der Waals surface area contributed by atoms with Gasteiger partial charge in [0.25, 0.3) is 11.7 Å². The highest BCUT2D eigenvalue weighted by molar-refractivity contribution is 6.46. The molecule has 8 heteroatoms. The maximum atomic E-state index is 13.0. The van der Waals surface area contributed by atoms with Gasteiger partial charge >= 0.3 is 0 Å². The van der Waals surface area contributed by atoms with Gasteiger partial charge < -0.3 is 19.5 Å². The first-order valence-corrected chi connectivity index (χ1v) is 9.92. The largest absolute Gasteiger partial charge is 0.507 e. The first kappa shape index (κ1) is 21.6. The summed E-state index contributed by atoms with van der Waals surface area (Å²) >= 11 is 6.16. The molecule has 1 aromatic heterocycles. The van der Waals surface area contributed by atoms with Gasteiger partial charge in [0.15, 0.2) is 0 Å². The number of methoxy groups -OCH3 is 2. The SMILES string of the molecule is CCCCN1C(=O)C(=O)/C(=C(/O)c2cc(OC)c(Cl)cc2OC)C1c1cccnc1. The van der Waals surface area contributed by atoms with E-state index in [1.54, 1.807) is 24.5 Å². The van der Waals surface area contributed by atoms with Crippen LogP contribution in [0.1, 0.15) is 36.9 Å². The zero-order valence-electron chi connectivity index (χ0n) is 17.0. The molecule has 0 bridgehead atoms. The number of halogens is 1. The fourth-order valence-corrected chi connectivity index (χ4v) is 3.74. The fourth-order valence-electron chi connectivity index (χ4n) is 3.51. The Morgan fingerprint density at radius 1 is 1.23 bits per heavy atom. The fraction of sp³-hybridized carbons (Fsp3) is 0.318. The molecule has 2 aromatic rings. The van der Waals surface area contributed by atoms with E-state index in [-0.39, 0.29) is 27.7 Å². The van der Waals surface area contributed by atoms with E-state index in [1.807, 2.05) is 6.92 Å². The van der Waals surface area contributed by atoms with Gasteiger partial charge in [0.05, 0.1) is 36.4 Å². The van der Waals surface area contributed by atoms with E-state index in [1.165, 1.54) is 31.3 Å². The molecular formula is C22H23ClN2O5. The van der Waals surface area contributed by atoms with Crippen LogP contribution < -0.4 is 9.47 Å². The number of ether oxygens (including phenoxy) is 2. The van der Waals surface area contributed by atoms with Crippen LogP contribution in [0.4, 0.5) is 0 Å². The molecule has 30 heavy (non-hydrogen) atoms. The Bertz CT molecular complexity index is 991. The summed E-state index contributed by atoms with van der Waals surface area (Å²) in [6.07, 6.45) is 4.77. The summed E-state index contributed by atoms with van der Waals surface area (Å²) in [5.74, 6) is -1.21. The minimum Gasteiger partial charge on any atom is -0.507 e. The molecule has 1 aliphatic rings. The summed E-state index contributed by atoms with van der Waals surface area (Å²) < 4.78 is 10.6. The number of Topliss-reactive ketones (excluding diaryl/α,β-unsaturated/α-hetero) is 1. The van der Waals surface area contributed by atoms with E-state index in [2.05, 4.69) is 4.98 Å². The molecule has 1 aliphatic heterocycles. The lowest BCUT2D eigenvalue weighted by atomic mass is 9.95. The Kier molecular flexibility index (Phi) is 6.62. The average molecular weight is 431 g/mol. The highest BCUT2D eigenvalue weighted by Crippen LogP contribution is 2.42. The molecule has 1 aromatic carbocycles. The van der Waals surface area contributed by atoms with Crippen LogP contribution in [-0.2, 0) is 9.59 Å². The van der Waals surface area contributed by atoms with Gasteiger partial charge in [0.2, 0.25) is 0 Å². The second kappa shape index (κ2) is 9.17. The molecule has 1 amide bonds. The first-order valence-electron chi connectivity index (χ1n) is 9.54. The number of benzene rings is 1. The van der Waals surface area contributed by atoms with Gasteiger partial charge in [-0.05, 0) is 24.1 Å². The third-order valence-corrected chi connectivity index (χ3v) is 5.32. The molecule has 1 saturated heterocycles. The molecule has 0 aliphatic carbocycles. The number of aromatic nitrogens is 1. The average Bonchev–Trinajstić information content (AvgIpc) is 3.02. The zero-order valence-corrected chi connectivity index (χ0v) is 17.8. The normalized spacial score (nSPS) is 18.0. The molecule has 1 atom stereocenters. The van der Waals surface area contributed by atoms with Crippen molar-refractivity contribution in [2.75, 3.05) is 20.8 Å². The number of carbonyl (C=O) groups excluding carboxylic acids is 2. The number of amides is 1. The molecule has 2 heterocycles. The number of aliphatic hydroxyl groups is 1. The molecule has 3 rings (SSSR count). The molecule has 1 fully saturated rings. The number of pyridine rings is 1. The molecule has 7 nitrogen and oxygen atoms in total. The minimum atomic E-state index is -0.756. The van der Waals surface area contributed by atoms with Gasteiger partial charge in [-0.2, -0.15) is 0 Å². The highest BCUT2D eigenvalue weighted by atomic mass is 35.5. The van der Waals surface area contributed by atoms with Crippen molar-refractivity contribution in [2.45, 2.75) is 25.8 Å². The van der Waals surface area contributed by atoms with Gasteiger partial charge in [-0.1, -0.05) is 31.0 Å². The second-order valence-electron chi connectivity index (χ2n) is 6.82. The summed E-state index contributed by atoms with van der Waals surface area (Å²) in [7, 11) is 2.87. The molecule has 0 radical (unpaired) electrons. The van der Waals surface area contributed by atoms with E-state index < -0.39 is 17.7 Å². The predicted molar refractivity (Wildman–Crippen MR) is 113 cm³/mol. The monoisotopic (exact) mass is 430 g/mol. The zero-order chi connectivity index (χ0) is 21.8. The van der Waals surface area contributed by atoms with Crippen LogP contribution in [-0.4, -0.2) is 47.4 Å². The van der Waals surface area contributed by atoms with E-state index in [0.29, 0.717) is 17.9 Å². The Hall–Kier alpha value is -3.06. The van der Waals surface area contributed by atoms with Crippen molar-refractivity contribution < 1.29 is 24.2 Å². The number of hydrogen-bond donors (Lipinski definition) is 1. The van der Waals surface area contributed by atoms with E-state index >= 15 is 0 Å². The summed E-state index contributed by atoms with van der Waals surface area (Å²) in [5, 5.41) is 11.5. The number of aliphatic hydroxyl groups excluding tert-OH is 1. The summed E-state index contributed by atoms with van der Waals surface area (Å²) in [6.45, 7) is 2.39. The second-order valence-corrected chi connectivity index (χ2v) is 7.23. The summed E-state index contributed by atoms with van der Waals surface area (Å²) in [5.41, 5.74) is 0.821. The first-order chi connectivity index (χ1) is 14.4. The minimum absolute atomic E-state index is 0.0215. The quantitative estimate of drug-likeness (QED) is 0.406. The van der Waals surface area contributed by atoms with E-state index in [4.69, 9.17) is 21.1 Å². The van der Waals surface area contributed by atoms with Crippen LogP contribution in [0.5, 0.6) is 11.5 Å². The standard InChI is InChI=1S/C22H23ClN2O5/c1-4-5-9-25-19(13-7-6-8-24-12-13)18(21(27)22(25)28)20(26)14-10-17(30-3)15(23)11-16(14)29-2/h6-8,10-12,19,26H,4-5,9H2,1-3H3/b20-18+. The lowest BCUT2D eigenvalue weighted by Crippen LogP contribution is -2.30. The third-order valence-electron chi connectivity index (χ3n) is 5.02. The Morgan fingerprint density at radius 2 is 1.97 bits per heavy atom. The Balaban J connectivity index is 2.24. The van der Waals surface area contributed by atoms with Gasteiger partial charge in [-0.15, -0.1) is 0 Å². The maximum absolute atomic E-state index is 13.0. The van der Waals surface area contributed by atoms with E-state index in [0.717, 1.165) is 12.8 Å². The number of carbonyl (C=O) groups is 2. The van der Waals surface area contributed by atoms with Crippen molar-refractivity contribution in [3.05, 3.63) is 58.4 Å². The smallest absolute Gasteiger partial charge is 0.295 e. The van der Waals surface area contributed by atoms with Crippen molar-refractivity contribution in [1.82, 2.24) is 9.88 Å². The van der Waals surface area contributed by atoms with Crippen LogP contribution in [0.15, 0.2) is 42.2 Å². The van der Waals surface area contributed by atoms with Crippen LogP contribution in [0.25, 0.3) is 5.76 Å². The molecule has 158 valence electrons.